The molecule has 1 unspecified atom stereocenters. The maximum Gasteiger partial charge on any atom is 0.105 e. The van der Waals surface area contributed by atoms with Gasteiger partial charge in [-0.1, -0.05) is 12.2 Å². The highest BCUT2D eigenvalue weighted by atomic mass is 19.1. The summed E-state index contributed by atoms with van der Waals surface area (Å²) in [7, 11) is 0. The number of alkyl halides is 1. The van der Waals surface area contributed by atoms with Gasteiger partial charge in [0.15, 0.2) is 0 Å². The van der Waals surface area contributed by atoms with Crippen molar-refractivity contribution in [1.29, 1.82) is 0 Å². The fourth-order valence-corrected chi connectivity index (χ4v) is 1.62. The minimum absolute atomic E-state index is 0.173. The zero-order chi connectivity index (χ0) is 8.27. The first-order valence-corrected chi connectivity index (χ1v) is 4.18. The van der Waals surface area contributed by atoms with Gasteiger partial charge in [-0.15, -0.1) is 0 Å². The number of rotatable bonds is 3. The monoisotopic (exact) mass is 157 g/mol. The summed E-state index contributed by atoms with van der Waals surface area (Å²) in [6.45, 7) is 7.53. The van der Waals surface area contributed by atoms with Gasteiger partial charge in [0, 0.05) is 12.6 Å². The van der Waals surface area contributed by atoms with E-state index in [9.17, 15) is 4.39 Å². The second-order valence-corrected chi connectivity index (χ2v) is 3.38. The molecule has 2 heteroatoms. The number of halogens is 1. The average molecular weight is 157 g/mol. The predicted molar refractivity (Wildman–Crippen MR) is 45.4 cm³/mol. The molecule has 1 aliphatic rings. The Labute approximate surface area is 67.9 Å². The van der Waals surface area contributed by atoms with Gasteiger partial charge in [-0.05, 0) is 26.3 Å². The summed E-state index contributed by atoms with van der Waals surface area (Å²) >= 11 is 0. The lowest BCUT2D eigenvalue weighted by Crippen LogP contribution is -2.32. The van der Waals surface area contributed by atoms with Gasteiger partial charge in [0.05, 0.1) is 0 Å². The van der Waals surface area contributed by atoms with E-state index < -0.39 is 0 Å². The van der Waals surface area contributed by atoms with E-state index >= 15 is 0 Å². The summed E-state index contributed by atoms with van der Waals surface area (Å²) in [6, 6.07) is 0.173. The van der Waals surface area contributed by atoms with Gasteiger partial charge in [0.25, 0.3) is 0 Å². The molecule has 1 fully saturated rings. The van der Waals surface area contributed by atoms with E-state index in [1.165, 1.54) is 0 Å². The minimum Gasteiger partial charge on any atom is -0.294 e. The van der Waals surface area contributed by atoms with Gasteiger partial charge in [-0.2, -0.15) is 0 Å². The molecule has 0 bridgehead atoms. The fraction of sp³-hybridized carbons (Fsp3) is 0.778. The fourth-order valence-electron chi connectivity index (χ4n) is 1.62. The molecule has 0 N–H and O–H groups in total. The molecule has 1 heterocycles. The highest BCUT2D eigenvalue weighted by Crippen LogP contribution is 2.17. The molecule has 1 atom stereocenters. The first-order valence-electron chi connectivity index (χ1n) is 4.18. The van der Waals surface area contributed by atoms with E-state index in [-0.39, 0.29) is 12.7 Å². The molecular weight excluding hydrogens is 141 g/mol. The summed E-state index contributed by atoms with van der Waals surface area (Å²) in [5, 5.41) is 0. The Kier molecular flexibility index (Phi) is 3.06. The molecule has 0 amide bonds. The third kappa shape index (κ3) is 2.29. The number of nitrogens with zero attached hydrogens (tertiary/aromatic N) is 1. The first-order chi connectivity index (χ1) is 5.24. The van der Waals surface area contributed by atoms with Crippen molar-refractivity contribution < 1.29 is 4.39 Å². The van der Waals surface area contributed by atoms with Gasteiger partial charge in [0.1, 0.15) is 6.67 Å². The third-order valence-corrected chi connectivity index (χ3v) is 2.15. The minimum atomic E-state index is -0.201. The zero-order valence-electron chi connectivity index (χ0n) is 7.15. The summed E-state index contributed by atoms with van der Waals surface area (Å²) in [4.78, 5) is 2.18. The molecule has 0 saturated carbocycles. The summed E-state index contributed by atoms with van der Waals surface area (Å²) in [6.07, 6.45) is 2.16. The summed E-state index contributed by atoms with van der Waals surface area (Å²) < 4.78 is 12.3. The van der Waals surface area contributed by atoms with Crippen LogP contribution in [0.3, 0.4) is 0 Å². The van der Waals surface area contributed by atoms with Gasteiger partial charge < -0.3 is 0 Å². The highest BCUT2D eigenvalue weighted by molar-refractivity contribution is 4.95. The SMILES string of the molecule is C=C(C)CN1CCCC1CF. The Morgan fingerprint density at radius 2 is 2.45 bits per heavy atom. The molecule has 0 aromatic rings. The van der Waals surface area contributed by atoms with Crippen LogP contribution in [0.4, 0.5) is 4.39 Å². The largest absolute Gasteiger partial charge is 0.294 e. The second kappa shape index (κ2) is 3.86. The van der Waals surface area contributed by atoms with Crippen molar-refractivity contribution in [3.63, 3.8) is 0 Å². The Morgan fingerprint density at radius 3 is 3.00 bits per heavy atom. The Balaban J connectivity index is 2.37. The molecule has 0 aromatic heterocycles. The van der Waals surface area contributed by atoms with Crippen LogP contribution in [0.15, 0.2) is 12.2 Å². The van der Waals surface area contributed by atoms with Crippen LogP contribution in [0.2, 0.25) is 0 Å². The number of hydrogen-bond donors (Lipinski definition) is 0. The van der Waals surface area contributed by atoms with Crippen molar-refractivity contribution in [2.75, 3.05) is 19.8 Å². The van der Waals surface area contributed by atoms with Crippen molar-refractivity contribution >= 4 is 0 Å². The van der Waals surface area contributed by atoms with E-state index in [2.05, 4.69) is 11.5 Å². The maximum absolute atomic E-state index is 12.3. The normalized spacial score (nSPS) is 25.8. The lowest BCUT2D eigenvalue weighted by Gasteiger charge is -2.21. The van der Waals surface area contributed by atoms with E-state index in [1.807, 2.05) is 6.92 Å². The first kappa shape index (κ1) is 8.72. The van der Waals surface area contributed by atoms with Crippen LogP contribution >= 0.6 is 0 Å². The molecule has 1 nitrogen and oxygen atoms in total. The maximum atomic E-state index is 12.3. The Morgan fingerprint density at radius 1 is 1.73 bits per heavy atom. The van der Waals surface area contributed by atoms with E-state index in [0.717, 1.165) is 31.5 Å². The topological polar surface area (TPSA) is 3.24 Å². The Hall–Kier alpha value is -0.370. The van der Waals surface area contributed by atoms with Crippen molar-refractivity contribution in [1.82, 2.24) is 4.90 Å². The van der Waals surface area contributed by atoms with Crippen LogP contribution in [0.25, 0.3) is 0 Å². The lowest BCUT2D eigenvalue weighted by molar-refractivity contribution is 0.230. The molecule has 0 aliphatic carbocycles. The molecule has 11 heavy (non-hydrogen) atoms. The molecular formula is C9H16FN. The molecule has 0 radical (unpaired) electrons. The standard InChI is InChI=1S/C9H16FN/c1-8(2)7-11-5-3-4-9(11)6-10/h9H,1,3-7H2,2H3. The number of hydrogen-bond acceptors (Lipinski definition) is 1. The molecule has 0 spiro atoms. The Bertz CT molecular complexity index is 144. The van der Waals surface area contributed by atoms with Crippen LogP contribution in [0, 0.1) is 0 Å². The van der Waals surface area contributed by atoms with E-state index in [0.29, 0.717) is 0 Å². The number of likely N-dealkylation sites (tertiary alicyclic amines) is 1. The predicted octanol–water partition coefficient (Wildman–Crippen LogP) is 2.00. The van der Waals surface area contributed by atoms with Crippen LogP contribution in [0.1, 0.15) is 19.8 Å². The molecule has 1 saturated heterocycles. The lowest BCUT2D eigenvalue weighted by atomic mass is 10.2. The zero-order valence-corrected chi connectivity index (χ0v) is 7.15. The van der Waals surface area contributed by atoms with Crippen LogP contribution < -0.4 is 0 Å². The van der Waals surface area contributed by atoms with Crippen LogP contribution in [0.5, 0.6) is 0 Å². The van der Waals surface area contributed by atoms with E-state index in [4.69, 9.17) is 0 Å². The second-order valence-electron chi connectivity index (χ2n) is 3.38. The highest BCUT2D eigenvalue weighted by Gasteiger charge is 2.23. The van der Waals surface area contributed by atoms with Crippen LogP contribution in [-0.4, -0.2) is 30.7 Å². The van der Waals surface area contributed by atoms with Crippen LogP contribution in [-0.2, 0) is 0 Å². The van der Waals surface area contributed by atoms with Crippen molar-refractivity contribution in [3.05, 3.63) is 12.2 Å². The molecule has 1 rings (SSSR count). The van der Waals surface area contributed by atoms with Gasteiger partial charge in [0.2, 0.25) is 0 Å². The quantitative estimate of drug-likeness (QED) is 0.566. The van der Waals surface area contributed by atoms with Crippen molar-refractivity contribution in [3.8, 4) is 0 Å². The summed E-state index contributed by atoms with van der Waals surface area (Å²) in [5.74, 6) is 0. The van der Waals surface area contributed by atoms with Crippen molar-refractivity contribution in [2.24, 2.45) is 0 Å². The van der Waals surface area contributed by atoms with Crippen molar-refractivity contribution in [2.45, 2.75) is 25.8 Å². The smallest absolute Gasteiger partial charge is 0.105 e. The van der Waals surface area contributed by atoms with Gasteiger partial charge in [-0.3, -0.25) is 4.90 Å². The summed E-state index contributed by atoms with van der Waals surface area (Å²) in [5.41, 5.74) is 1.13. The average Bonchev–Trinajstić information content (AvgIpc) is 2.34. The van der Waals surface area contributed by atoms with Gasteiger partial charge in [-0.25, -0.2) is 4.39 Å². The molecule has 0 aromatic carbocycles. The molecule has 1 aliphatic heterocycles. The third-order valence-electron chi connectivity index (χ3n) is 2.15. The molecule has 64 valence electrons. The van der Waals surface area contributed by atoms with Gasteiger partial charge >= 0.3 is 0 Å². The van der Waals surface area contributed by atoms with E-state index in [1.54, 1.807) is 0 Å².